The average molecular weight is 492 g/mol. The van der Waals surface area contributed by atoms with Crippen LogP contribution in [-0.2, 0) is 14.3 Å². The number of piperidine rings is 1. The summed E-state index contributed by atoms with van der Waals surface area (Å²) in [5, 5.41) is 2.73. The van der Waals surface area contributed by atoms with Crippen LogP contribution in [0, 0.1) is 0 Å². The highest BCUT2D eigenvalue weighted by atomic mass is 16.6. The molecule has 2 heterocycles. The molecule has 0 spiro atoms. The number of hydrogen-bond donors (Lipinski definition) is 2. The standard InChI is InChI=1S/C28H33N3O5/c1-27(2,3)36-25(33)30-28(24(29)32)14-17-12-13-18(15-28)31(17)26(34)35-16-23-21-10-6-4-8-19(21)20-9-5-7-11-22(20)23/h4-11,17-18,23H,12-16H2,1-3H3,(H2,29,32)(H,30,33). The number of alkyl carbamates (subject to hydrolysis) is 1. The molecule has 3 amide bonds. The van der Waals surface area contributed by atoms with Gasteiger partial charge in [-0.3, -0.25) is 4.79 Å². The third-order valence-electron chi connectivity index (χ3n) is 7.55. The molecule has 2 saturated heterocycles. The fourth-order valence-electron chi connectivity index (χ4n) is 6.08. The number of nitrogens with two attached hydrogens (primary N) is 1. The molecule has 2 unspecified atom stereocenters. The molecular weight excluding hydrogens is 458 g/mol. The summed E-state index contributed by atoms with van der Waals surface area (Å²) in [6, 6.07) is 15.9. The molecule has 2 aromatic carbocycles. The van der Waals surface area contributed by atoms with Crippen molar-refractivity contribution in [3.8, 4) is 11.1 Å². The van der Waals surface area contributed by atoms with E-state index in [4.69, 9.17) is 15.2 Å². The van der Waals surface area contributed by atoms with Gasteiger partial charge in [0.1, 0.15) is 17.7 Å². The van der Waals surface area contributed by atoms with Crippen molar-refractivity contribution in [2.24, 2.45) is 5.73 Å². The zero-order valence-electron chi connectivity index (χ0n) is 21.0. The van der Waals surface area contributed by atoms with E-state index in [0.717, 1.165) is 24.0 Å². The first-order valence-corrected chi connectivity index (χ1v) is 12.5. The summed E-state index contributed by atoms with van der Waals surface area (Å²) in [6.07, 6.45) is 0.847. The van der Waals surface area contributed by atoms with Gasteiger partial charge in [0.15, 0.2) is 0 Å². The van der Waals surface area contributed by atoms with E-state index < -0.39 is 23.1 Å². The molecule has 3 N–H and O–H groups in total. The van der Waals surface area contributed by atoms with Gasteiger partial charge in [-0.15, -0.1) is 0 Å². The maximum absolute atomic E-state index is 13.3. The summed E-state index contributed by atoms with van der Waals surface area (Å²) in [4.78, 5) is 40.1. The van der Waals surface area contributed by atoms with E-state index in [2.05, 4.69) is 29.6 Å². The highest BCUT2D eigenvalue weighted by molar-refractivity contribution is 5.89. The molecule has 0 aromatic heterocycles. The number of benzene rings is 2. The fourth-order valence-corrected chi connectivity index (χ4v) is 6.08. The number of carbonyl (C=O) groups is 3. The van der Waals surface area contributed by atoms with E-state index in [1.54, 1.807) is 25.7 Å². The Balaban J connectivity index is 1.29. The SMILES string of the molecule is CC(C)(C)OC(=O)NC1(C(N)=O)CC2CCC(C1)N2C(=O)OCC1c2ccccc2-c2ccccc21. The Labute approximate surface area is 211 Å². The van der Waals surface area contributed by atoms with E-state index in [9.17, 15) is 14.4 Å². The lowest BCUT2D eigenvalue weighted by atomic mass is 9.82. The Morgan fingerprint density at radius 2 is 1.50 bits per heavy atom. The molecule has 36 heavy (non-hydrogen) atoms. The molecule has 2 bridgehead atoms. The molecule has 0 saturated carbocycles. The molecule has 3 aliphatic rings. The zero-order valence-corrected chi connectivity index (χ0v) is 21.0. The minimum absolute atomic E-state index is 0.0256. The second-order valence-electron chi connectivity index (χ2n) is 11.1. The normalized spacial score (nSPS) is 24.6. The van der Waals surface area contributed by atoms with Gasteiger partial charge in [0.05, 0.1) is 0 Å². The minimum atomic E-state index is -1.26. The maximum Gasteiger partial charge on any atom is 0.410 e. The lowest BCUT2D eigenvalue weighted by Crippen LogP contribution is -2.66. The summed E-state index contributed by atoms with van der Waals surface area (Å²) in [5.74, 6) is -0.639. The van der Waals surface area contributed by atoms with Crippen LogP contribution in [0.1, 0.15) is 63.5 Å². The summed E-state index contributed by atoms with van der Waals surface area (Å²) in [7, 11) is 0. The first-order chi connectivity index (χ1) is 17.1. The Morgan fingerprint density at radius 3 is 2.00 bits per heavy atom. The number of nitrogens with one attached hydrogen (secondary N) is 1. The fraction of sp³-hybridized carbons (Fsp3) is 0.464. The molecule has 2 atom stereocenters. The van der Waals surface area contributed by atoms with Gasteiger partial charge in [0, 0.05) is 30.8 Å². The van der Waals surface area contributed by atoms with E-state index in [-0.39, 0.29) is 43.5 Å². The van der Waals surface area contributed by atoms with Crippen LogP contribution in [-0.4, -0.2) is 52.8 Å². The van der Waals surface area contributed by atoms with Crippen molar-refractivity contribution in [1.82, 2.24) is 10.2 Å². The summed E-state index contributed by atoms with van der Waals surface area (Å²) in [5.41, 5.74) is 8.47. The molecule has 8 heteroatoms. The quantitative estimate of drug-likeness (QED) is 0.662. The Hall–Kier alpha value is -3.55. The number of primary amides is 1. The number of fused-ring (bicyclic) bond motifs is 5. The van der Waals surface area contributed by atoms with Crippen LogP contribution in [0.3, 0.4) is 0 Å². The molecule has 2 fully saturated rings. The predicted octanol–water partition coefficient (Wildman–Crippen LogP) is 4.31. The summed E-state index contributed by atoms with van der Waals surface area (Å²) in [6.45, 7) is 5.51. The van der Waals surface area contributed by atoms with Crippen molar-refractivity contribution >= 4 is 18.1 Å². The highest BCUT2D eigenvalue weighted by Crippen LogP contribution is 2.45. The van der Waals surface area contributed by atoms with Gasteiger partial charge in [-0.2, -0.15) is 0 Å². The highest BCUT2D eigenvalue weighted by Gasteiger charge is 2.54. The van der Waals surface area contributed by atoms with Crippen LogP contribution in [0.4, 0.5) is 9.59 Å². The van der Waals surface area contributed by atoms with Crippen LogP contribution in [0.25, 0.3) is 11.1 Å². The number of carbonyl (C=O) groups excluding carboxylic acids is 3. The van der Waals surface area contributed by atoms with E-state index in [0.29, 0.717) is 0 Å². The van der Waals surface area contributed by atoms with Crippen LogP contribution in [0.5, 0.6) is 0 Å². The van der Waals surface area contributed by atoms with Gasteiger partial charge in [-0.25, -0.2) is 9.59 Å². The Morgan fingerprint density at radius 1 is 0.972 bits per heavy atom. The zero-order chi connectivity index (χ0) is 25.7. The predicted molar refractivity (Wildman–Crippen MR) is 134 cm³/mol. The van der Waals surface area contributed by atoms with Crippen molar-refractivity contribution in [3.63, 3.8) is 0 Å². The Kier molecular flexibility index (Phi) is 5.93. The molecule has 5 rings (SSSR count). The minimum Gasteiger partial charge on any atom is -0.448 e. The molecular formula is C28H33N3O5. The number of nitrogens with zero attached hydrogens (tertiary/aromatic N) is 1. The van der Waals surface area contributed by atoms with Crippen molar-refractivity contribution in [3.05, 3.63) is 59.7 Å². The largest absolute Gasteiger partial charge is 0.448 e. The molecule has 2 aliphatic heterocycles. The summed E-state index contributed by atoms with van der Waals surface area (Å²) >= 11 is 0. The lowest BCUT2D eigenvalue weighted by Gasteiger charge is -2.44. The smallest absolute Gasteiger partial charge is 0.410 e. The summed E-state index contributed by atoms with van der Waals surface area (Å²) < 4.78 is 11.3. The average Bonchev–Trinajstić information content (AvgIpc) is 3.28. The van der Waals surface area contributed by atoms with Crippen LogP contribution < -0.4 is 11.1 Å². The first-order valence-electron chi connectivity index (χ1n) is 12.5. The monoisotopic (exact) mass is 491 g/mol. The number of rotatable bonds is 4. The maximum atomic E-state index is 13.3. The number of ether oxygens (including phenoxy) is 2. The number of amides is 3. The van der Waals surface area contributed by atoms with E-state index >= 15 is 0 Å². The number of hydrogen-bond acceptors (Lipinski definition) is 5. The van der Waals surface area contributed by atoms with Crippen LogP contribution in [0.15, 0.2) is 48.5 Å². The third kappa shape index (κ3) is 4.29. The van der Waals surface area contributed by atoms with Crippen molar-refractivity contribution < 1.29 is 23.9 Å². The van der Waals surface area contributed by atoms with Crippen molar-refractivity contribution in [2.75, 3.05) is 6.61 Å². The van der Waals surface area contributed by atoms with Crippen molar-refractivity contribution in [2.45, 2.75) is 75.6 Å². The lowest BCUT2D eigenvalue weighted by molar-refractivity contribution is -0.127. The van der Waals surface area contributed by atoms with Gasteiger partial charge in [-0.1, -0.05) is 48.5 Å². The van der Waals surface area contributed by atoms with Gasteiger partial charge < -0.3 is 25.4 Å². The molecule has 0 radical (unpaired) electrons. The first kappa shape index (κ1) is 24.2. The van der Waals surface area contributed by atoms with Gasteiger partial charge in [0.2, 0.25) is 5.91 Å². The van der Waals surface area contributed by atoms with E-state index in [1.807, 2.05) is 24.3 Å². The van der Waals surface area contributed by atoms with Crippen LogP contribution >= 0.6 is 0 Å². The second kappa shape index (κ2) is 8.84. The molecule has 190 valence electrons. The van der Waals surface area contributed by atoms with Crippen molar-refractivity contribution in [1.29, 1.82) is 0 Å². The molecule has 2 aromatic rings. The van der Waals surface area contributed by atoms with Gasteiger partial charge >= 0.3 is 12.2 Å². The van der Waals surface area contributed by atoms with E-state index in [1.165, 1.54) is 11.1 Å². The third-order valence-corrected chi connectivity index (χ3v) is 7.55. The second-order valence-corrected chi connectivity index (χ2v) is 11.1. The molecule has 8 nitrogen and oxygen atoms in total. The van der Waals surface area contributed by atoms with Gasteiger partial charge in [-0.05, 0) is 55.9 Å². The molecule has 1 aliphatic carbocycles. The van der Waals surface area contributed by atoms with Crippen LogP contribution in [0.2, 0.25) is 0 Å². The topological polar surface area (TPSA) is 111 Å². The Bertz CT molecular complexity index is 1140. The van der Waals surface area contributed by atoms with Gasteiger partial charge in [0.25, 0.3) is 0 Å².